The third-order valence-electron chi connectivity index (χ3n) is 3.05. The van der Waals surface area contributed by atoms with E-state index in [1.54, 1.807) is 42.5 Å². The molecular formula is C14H14N4O2S2. The molecule has 0 bridgehead atoms. The molecule has 0 atom stereocenters. The van der Waals surface area contributed by atoms with Gasteiger partial charge >= 0.3 is 0 Å². The first-order valence-electron chi connectivity index (χ1n) is 6.67. The Labute approximate surface area is 132 Å². The minimum absolute atomic E-state index is 0.214. The van der Waals surface area contributed by atoms with Crippen LogP contribution in [0, 0.1) is 0 Å². The van der Waals surface area contributed by atoms with Crippen LogP contribution in [0.5, 0.6) is 0 Å². The van der Waals surface area contributed by atoms with Gasteiger partial charge in [0.05, 0.1) is 22.3 Å². The average molecular weight is 334 g/mol. The lowest BCUT2D eigenvalue weighted by Crippen LogP contribution is -2.13. The van der Waals surface area contributed by atoms with Crippen molar-refractivity contribution in [2.24, 2.45) is 0 Å². The van der Waals surface area contributed by atoms with Crippen molar-refractivity contribution in [1.29, 1.82) is 0 Å². The van der Waals surface area contributed by atoms with E-state index in [0.29, 0.717) is 11.2 Å². The molecule has 0 radical (unpaired) electrons. The number of benzene rings is 2. The highest BCUT2D eigenvalue weighted by Crippen LogP contribution is 2.21. The summed E-state index contributed by atoms with van der Waals surface area (Å²) in [6.07, 6.45) is 0. The van der Waals surface area contributed by atoms with Gasteiger partial charge < -0.3 is 5.32 Å². The Hall–Kier alpha value is -2.19. The summed E-state index contributed by atoms with van der Waals surface area (Å²) in [6, 6.07) is 11.7. The molecule has 0 aliphatic carbocycles. The summed E-state index contributed by atoms with van der Waals surface area (Å²) >= 11 is 1.10. The SMILES string of the molecule is CCNc1ccc(S(=O)(=O)Nc2ccc3nsnc3c2)cc1. The second-order valence-electron chi connectivity index (χ2n) is 4.63. The molecule has 0 amide bonds. The van der Waals surface area contributed by atoms with Crippen LogP contribution < -0.4 is 10.0 Å². The molecule has 22 heavy (non-hydrogen) atoms. The first-order valence-corrected chi connectivity index (χ1v) is 8.89. The number of hydrogen-bond donors (Lipinski definition) is 2. The van der Waals surface area contributed by atoms with Gasteiger partial charge in [-0.15, -0.1) is 0 Å². The zero-order valence-electron chi connectivity index (χ0n) is 11.8. The van der Waals surface area contributed by atoms with E-state index in [9.17, 15) is 8.42 Å². The smallest absolute Gasteiger partial charge is 0.261 e. The van der Waals surface area contributed by atoms with E-state index < -0.39 is 10.0 Å². The summed E-state index contributed by atoms with van der Waals surface area (Å²) in [5, 5.41) is 3.12. The van der Waals surface area contributed by atoms with E-state index >= 15 is 0 Å². The second-order valence-corrected chi connectivity index (χ2v) is 6.84. The number of sulfonamides is 1. The molecule has 2 aromatic carbocycles. The van der Waals surface area contributed by atoms with Crippen molar-refractivity contribution in [3.05, 3.63) is 42.5 Å². The van der Waals surface area contributed by atoms with Crippen molar-refractivity contribution in [3.63, 3.8) is 0 Å². The molecule has 114 valence electrons. The summed E-state index contributed by atoms with van der Waals surface area (Å²) < 4.78 is 35.5. The first kappa shape index (κ1) is 14.7. The number of nitrogens with one attached hydrogen (secondary N) is 2. The van der Waals surface area contributed by atoms with Gasteiger partial charge in [-0.1, -0.05) is 0 Å². The Morgan fingerprint density at radius 2 is 1.68 bits per heavy atom. The van der Waals surface area contributed by atoms with Crippen LogP contribution in [0.1, 0.15) is 6.92 Å². The highest BCUT2D eigenvalue weighted by atomic mass is 32.2. The number of nitrogens with zero attached hydrogens (tertiary/aromatic N) is 2. The van der Waals surface area contributed by atoms with Gasteiger partial charge in [0.15, 0.2) is 0 Å². The fraction of sp³-hybridized carbons (Fsp3) is 0.143. The summed E-state index contributed by atoms with van der Waals surface area (Å²) in [5.74, 6) is 0. The molecular weight excluding hydrogens is 320 g/mol. The van der Waals surface area contributed by atoms with Crippen LogP contribution >= 0.6 is 11.7 Å². The molecule has 1 heterocycles. The van der Waals surface area contributed by atoms with Gasteiger partial charge in [0.1, 0.15) is 11.0 Å². The van der Waals surface area contributed by atoms with Gasteiger partial charge in [-0.25, -0.2) is 8.42 Å². The minimum atomic E-state index is -3.62. The number of fused-ring (bicyclic) bond motifs is 1. The van der Waals surface area contributed by atoms with E-state index in [4.69, 9.17) is 0 Å². The highest BCUT2D eigenvalue weighted by Gasteiger charge is 2.14. The molecule has 0 fully saturated rings. The molecule has 0 aliphatic heterocycles. The second kappa shape index (κ2) is 5.90. The maximum atomic E-state index is 12.4. The van der Waals surface area contributed by atoms with E-state index in [0.717, 1.165) is 29.5 Å². The van der Waals surface area contributed by atoms with Gasteiger partial charge in [0.25, 0.3) is 10.0 Å². The zero-order chi connectivity index (χ0) is 15.6. The minimum Gasteiger partial charge on any atom is -0.385 e. The predicted octanol–water partition coefficient (Wildman–Crippen LogP) is 2.92. The topological polar surface area (TPSA) is 84.0 Å². The van der Waals surface area contributed by atoms with E-state index in [1.165, 1.54) is 0 Å². The highest BCUT2D eigenvalue weighted by molar-refractivity contribution is 7.92. The molecule has 1 aromatic heterocycles. The summed E-state index contributed by atoms with van der Waals surface area (Å²) in [4.78, 5) is 0.214. The van der Waals surface area contributed by atoms with Gasteiger partial charge in [0, 0.05) is 12.2 Å². The summed E-state index contributed by atoms with van der Waals surface area (Å²) in [5.41, 5.74) is 2.78. The molecule has 0 spiro atoms. The van der Waals surface area contributed by atoms with Crippen molar-refractivity contribution < 1.29 is 8.42 Å². The van der Waals surface area contributed by atoms with E-state index in [1.807, 2.05) is 6.92 Å². The van der Waals surface area contributed by atoms with Crippen molar-refractivity contribution in [2.45, 2.75) is 11.8 Å². The Morgan fingerprint density at radius 3 is 2.41 bits per heavy atom. The predicted molar refractivity (Wildman–Crippen MR) is 88.8 cm³/mol. The van der Waals surface area contributed by atoms with Gasteiger partial charge in [0.2, 0.25) is 0 Å². The van der Waals surface area contributed by atoms with Gasteiger partial charge in [-0.3, -0.25) is 4.72 Å². The van der Waals surface area contributed by atoms with E-state index in [-0.39, 0.29) is 4.90 Å². The lowest BCUT2D eigenvalue weighted by Gasteiger charge is -2.09. The monoisotopic (exact) mass is 334 g/mol. The number of hydrogen-bond acceptors (Lipinski definition) is 6. The van der Waals surface area contributed by atoms with Crippen molar-refractivity contribution in [1.82, 2.24) is 8.75 Å². The Balaban J connectivity index is 1.85. The van der Waals surface area contributed by atoms with Crippen LogP contribution in [0.25, 0.3) is 11.0 Å². The molecule has 6 nitrogen and oxygen atoms in total. The summed E-state index contributed by atoms with van der Waals surface area (Å²) in [6.45, 7) is 2.77. The number of anilines is 2. The number of aromatic nitrogens is 2. The fourth-order valence-electron chi connectivity index (χ4n) is 2.02. The molecule has 0 unspecified atom stereocenters. The molecule has 8 heteroatoms. The molecule has 2 N–H and O–H groups in total. The standard InChI is InChI=1S/C14H14N4O2S2/c1-2-15-10-3-6-12(7-4-10)22(19,20)18-11-5-8-13-14(9-11)17-21-16-13/h3-9,15,18H,2H2,1H3. The lowest BCUT2D eigenvalue weighted by molar-refractivity contribution is 0.601. The third kappa shape index (κ3) is 3.02. The molecule has 3 rings (SSSR count). The molecule has 0 aliphatic rings. The van der Waals surface area contributed by atoms with Gasteiger partial charge in [-0.2, -0.15) is 8.75 Å². The van der Waals surface area contributed by atoms with E-state index in [2.05, 4.69) is 18.8 Å². The number of rotatable bonds is 5. The van der Waals surface area contributed by atoms with Crippen LogP contribution in [0.3, 0.4) is 0 Å². The van der Waals surface area contributed by atoms with Crippen LogP contribution in [0.15, 0.2) is 47.4 Å². The van der Waals surface area contributed by atoms with Crippen LogP contribution in [0.2, 0.25) is 0 Å². The molecule has 0 saturated heterocycles. The zero-order valence-corrected chi connectivity index (χ0v) is 13.4. The molecule has 3 aromatic rings. The largest absolute Gasteiger partial charge is 0.385 e. The van der Waals surface area contributed by atoms with Gasteiger partial charge in [-0.05, 0) is 49.4 Å². The van der Waals surface area contributed by atoms with Crippen molar-refractivity contribution >= 4 is 44.2 Å². The lowest BCUT2D eigenvalue weighted by atomic mass is 10.3. The van der Waals surface area contributed by atoms with Crippen LogP contribution in [-0.2, 0) is 10.0 Å². The quantitative estimate of drug-likeness (QED) is 0.749. The van der Waals surface area contributed by atoms with Crippen LogP contribution in [-0.4, -0.2) is 23.7 Å². The Morgan fingerprint density at radius 1 is 1.00 bits per heavy atom. The fourth-order valence-corrected chi connectivity index (χ4v) is 3.58. The average Bonchev–Trinajstić information content (AvgIpc) is 2.95. The van der Waals surface area contributed by atoms with Crippen molar-refractivity contribution in [2.75, 3.05) is 16.6 Å². The maximum Gasteiger partial charge on any atom is 0.261 e. The Kier molecular flexibility index (Phi) is 3.95. The maximum absolute atomic E-state index is 12.4. The van der Waals surface area contributed by atoms with Crippen molar-refractivity contribution in [3.8, 4) is 0 Å². The normalized spacial score (nSPS) is 11.5. The summed E-state index contributed by atoms with van der Waals surface area (Å²) in [7, 11) is -3.62. The first-order chi connectivity index (χ1) is 10.6. The molecule has 0 saturated carbocycles. The Bertz CT molecular complexity index is 889. The third-order valence-corrected chi connectivity index (χ3v) is 5.01. The van der Waals surface area contributed by atoms with Crippen LogP contribution in [0.4, 0.5) is 11.4 Å².